The molecule has 11 heteroatoms. The molecule has 2 N–H and O–H groups in total. The Bertz CT molecular complexity index is 851. The number of morpholine rings is 1. The van der Waals surface area contributed by atoms with Crippen molar-refractivity contribution in [2.24, 2.45) is 0 Å². The summed E-state index contributed by atoms with van der Waals surface area (Å²) in [5.41, 5.74) is 0.502. The summed E-state index contributed by atoms with van der Waals surface area (Å²) in [6.07, 6.45) is 0. The van der Waals surface area contributed by atoms with Crippen molar-refractivity contribution in [3.8, 4) is 11.5 Å². The van der Waals surface area contributed by atoms with Gasteiger partial charge in [-0.1, -0.05) is 0 Å². The van der Waals surface area contributed by atoms with Crippen LogP contribution in [-0.4, -0.2) is 104 Å². The van der Waals surface area contributed by atoms with E-state index in [9.17, 15) is 14.4 Å². The van der Waals surface area contributed by atoms with Gasteiger partial charge in [0.15, 0.2) is 11.5 Å². The van der Waals surface area contributed by atoms with Gasteiger partial charge in [-0.05, 0) is 19.1 Å². The third kappa shape index (κ3) is 5.22. The van der Waals surface area contributed by atoms with Crippen molar-refractivity contribution in [1.29, 1.82) is 0 Å². The van der Waals surface area contributed by atoms with E-state index in [0.717, 1.165) is 0 Å². The van der Waals surface area contributed by atoms with Crippen LogP contribution in [0.25, 0.3) is 0 Å². The molecule has 3 aliphatic rings. The molecule has 3 aliphatic heterocycles. The Labute approximate surface area is 186 Å². The smallest absolute Gasteiger partial charge is 0.325 e. The van der Waals surface area contributed by atoms with Gasteiger partial charge in [0.05, 0.1) is 19.3 Å². The summed E-state index contributed by atoms with van der Waals surface area (Å²) in [5, 5.41) is 5.03. The van der Waals surface area contributed by atoms with Gasteiger partial charge < -0.3 is 29.3 Å². The lowest BCUT2D eigenvalue weighted by atomic mass is 10.2. The quantitative estimate of drug-likeness (QED) is 0.696. The van der Waals surface area contributed by atoms with E-state index in [2.05, 4.69) is 10.6 Å². The molecule has 2 saturated heterocycles. The lowest BCUT2D eigenvalue weighted by molar-refractivity contribution is -0.125. The van der Waals surface area contributed by atoms with Gasteiger partial charge in [-0.25, -0.2) is 9.59 Å². The molecule has 3 heterocycles. The highest BCUT2D eigenvalue weighted by molar-refractivity contribution is 6.02. The lowest BCUT2D eigenvalue weighted by Gasteiger charge is -2.40. The second-order valence-electron chi connectivity index (χ2n) is 7.88. The van der Waals surface area contributed by atoms with Crippen molar-refractivity contribution in [3.05, 3.63) is 18.2 Å². The molecule has 0 saturated carbocycles. The molecule has 1 aromatic rings. The Hall–Kier alpha value is -3.05. The van der Waals surface area contributed by atoms with Crippen LogP contribution >= 0.6 is 0 Å². The predicted molar refractivity (Wildman–Crippen MR) is 115 cm³/mol. The molecular formula is C21H29N5O6. The summed E-state index contributed by atoms with van der Waals surface area (Å²) < 4.78 is 16.3. The maximum atomic E-state index is 12.6. The number of amides is 5. The number of piperazine rings is 1. The van der Waals surface area contributed by atoms with Crippen LogP contribution in [0.2, 0.25) is 0 Å². The van der Waals surface area contributed by atoms with Crippen molar-refractivity contribution in [2.45, 2.75) is 13.0 Å². The number of hydrogen-bond acceptors (Lipinski definition) is 7. The van der Waals surface area contributed by atoms with E-state index >= 15 is 0 Å². The molecule has 0 bridgehead atoms. The molecular weight excluding hydrogens is 418 g/mol. The van der Waals surface area contributed by atoms with E-state index in [1.54, 1.807) is 34.9 Å². The highest BCUT2D eigenvalue weighted by Crippen LogP contribution is 2.32. The van der Waals surface area contributed by atoms with Gasteiger partial charge in [0.1, 0.15) is 13.2 Å². The molecule has 5 amide bonds. The third-order valence-corrected chi connectivity index (χ3v) is 5.83. The maximum Gasteiger partial charge on any atom is 0.325 e. The Morgan fingerprint density at radius 3 is 2.25 bits per heavy atom. The molecule has 0 aliphatic carbocycles. The number of hydrogen-bond donors (Lipinski definition) is 2. The first-order valence-electron chi connectivity index (χ1n) is 10.9. The van der Waals surface area contributed by atoms with Gasteiger partial charge in [0.25, 0.3) is 0 Å². The minimum Gasteiger partial charge on any atom is -0.486 e. The number of nitrogens with one attached hydrogen (secondary N) is 2. The zero-order valence-electron chi connectivity index (χ0n) is 18.2. The fourth-order valence-electron chi connectivity index (χ4n) is 3.92. The van der Waals surface area contributed by atoms with Crippen molar-refractivity contribution in [3.63, 3.8) is 0 Å². The monoisotopic (exact) mass is 447 g/mol. The number of carbonyl (C=O) groups is 3. The summed E-state index contributed by atoms with van der Waals surface area (Å²) in [7, 11) is 0. The van der Waals surface area contributed by atoms with Crippen LogP contribution in [0.1, 0.15) is 6.92 Å². The summed E-state index contributed by atoms with van der Waals surface area (Å²) >= 11 is 0. The van der Waals surface area contributed by atoms with Gasteiger partial charge >= 0.3 is 12.1 Å². The average molecular weight is 447 g/mol. The molecule has 0 aromatic heterocycles. The zero-order chi connectivity index (χ0) is 22.5. The topological polar surface area (TPSA) is 113 Å². The second kappa shape index (κ2) is 10.0. The fraction of sp³-hybridized carbons (Fsp3) is 0.571. The van der Waals surface area contributed by atoms with E-state index in [0.29, 0.717) is 82.9 Å². The number of carbonyl (C=O) groups excluding carboxylic acids is 3. The van der Waals surface area contributed by atoms with Crippen molar-refractivity contribution < 1.29 is 28.6 Å². The number of ether oxygens (including phenoxy) is 3. The molecule has 1 unspecified atom stereocenters. The fourth-order valence-corrected chi connectivity index (χ4v) is 3.92. The first kappa shape index (κ1) is 22.2. The molecule has 1 aromatic carbocycles. The molecule has 4 rings (SSSR count). The standard InChI is InChI=1S/C21H29N5O6/c1-15(24-4-6-25(7-5-24)21(29)26-8-10-30-11-9-26)19(27)23-20(28)22-16-2-3-17-18(14-16)32-13-12-31-17/h2-3,14-15H,4-13H2,1H3,(H2,22,23,27,28). The van der Waals surface area contributed by atoms with Crippen molar-refractivity contribution >= 4 is 23.7 Å². The van der Waals surface area contributed by atoms with Gasteiger partial charge in [-0.2, -0.15) is 0 Å². The summed E-state index contributed by atoms with van der Waals surface area (Å²) in [6.45, 7) is 7.25. The van der Waals surface area contributed by atoms with Crippen molar-refractivity contribution in [2.75, 3.05) is 71.0 Å². The van der Waals surface area contributed by atoms with Crippen LogP contribution in [-0.2, 0) is 9.53 Å². The normalized spacial score (nSPS) is 19.8. The Morgan fingerprint density at radius 2 is 1.53 bits per heavy atom. The molecule has 174 valence electrons. The zero-order valence-corrected chi connectivity index (χ0v) is 18.2. The molecule has 0 radical (unpaired) electrons. The first-order valence-corrected chi connectivity index (χ1v) is 10.9. The van der Waals surface area contributed by atoms with Crippen LogP contribution in [0.3, 0.4) is 0 Å². The van der Waals surface area contributed by atoms with Crippen LogP contribution in [0, 0.1) is 0 Å². The number of anilines is 1. The SMILES string of the molecule is CC(C(=O)NC(=O)Nc1ccc2c(c1)OCCO2)N1CCN(C(=O)N2CCOCC2)CC1. The van der Waals surface area contributed by atoms with Crippen LogP contribution in [0.4, 0.5) is 15.3 Å². The number of nitrogens with zero attached hydrogens (tertiary/aromatic N) is 3. The third-order valence-electron chi connectivity index (χ3n) is 5.83. The van der Waals surface area contributed by atoms with E-state index in [-0.39, 0.29) is 6.03 Å². The van der Waals surface area contributed by atoms with E-state index in [1.165, 1.54) is 0 Å². The van der Waals surface area contributed by atoms with Gasteiger partial charge in [0, 0.05) is 51.0 Å². The van der Waals surface area contributed by atoms with Crippen LogP contribution in [0.5, 0.6) is 11.5 Å². The Balaban J connectivity index is 1.23. The van der Waals surface area contributed by atoms with Gasteiger partial charge in [-0.3, -0.25) is 15.0 Å². The minimum atomic E-state index is -0.611. The Kier molecular flexibility index (Phi) is 6.96. The summed E-state index contributed by atoms with van der Waals surface area (Å²) in [5.74, 6) is 0.782. The number of benzene rings is 1. The molecule has 11 nitrogen and oxygen atoms in total. The van der Waals surface area contributed by atoms with E-state index in [1.807, 2.05) is 4.90 Å². The summed E-state index contributed by atoms with van der Waals surface area (Å²) in [6, 6.07) is 3.97. The maximum absolute atomic E-state index is 12.6. The Morgan fingerprint density at radius 1 is 0.875 bits per heavy atom. The largest absolute Gasteiger partial charge is 0.486 e. The predicted octanol–water partition coefficient (Wildman–Crippen LogP) is 0.564. The number of fused-ring (bicyclic) bond motifs is 1. The molecule has 32 heavy (non-hydrogen) atoms. The molecule has 1 atom stereocenters. The number of imide groups is 1. The van der Waals surface area contributed by atoms with Crippen molar-refractivity contribution in [1.82, 2.24) is 20.0 Å². The highest BCUT2D eigenvalue weighted by Gasteiger charge is 2.30. The second-order valence-corrected chi connectivity index (χ2v) is 7.88. The van der Waals surface area contributed by atoms with Gasteiger partial charge in [0.2, 0.25) is 5.91 Å². The van der Waals surface area contributed by atoms with Crippen LogP contribution < -0.4 is 20.1 Å². The highest BCUT2D eigenvalue weighted by atomic mass is 16.6. The minimum absolute atomic E-state index is 0.0175. The number of rotatable bonds is 3. The van der Waals surface area contributed by atoms with Gasteiger partial charge in [-0.15, -0.1) is 0 Å². The van der Waals surface area contributed by atoms with E-state index in [4.69, 9.17) is 14.2 Å². The van der Waals surface area contributed by atoms with E-state index < -0.39 is 18.0 Å². The first-order chi connectivity index (χ1) is 15.5. The average Bonchev–Trinajstić information content (AvgIpc) is 2.83. The van der Waals surface area contributed by atoms with Crippen LogP contribution in [0.15, 0.2) is 18.2 Å². The lowest BCUT2D eigenvalue weighted by Crippen LogP contribution is -2.58. The molecule has 2 fully saturated rings. The molecule has 0 spiro atoms. The number of urea groups is 2. The summed E-state index contributed by atoms with van der Waals surface area (Å²) in [4.78, 5) is 43.0.